The van der Waals surface area contributed by atoms with Gasteiger partial charge in [0.1, 0.15) is 0 Å². The van der Waals surface area contributed by atoms with Gasteiger partial charge in [0, 0.05) is 18.5 Å². The predicted molar refractivity (Wildman–Crippen MR) is 59.1 cm³/mol. The van der Waals surface area contributed by atoms with Crippen molar-refractivity contribution in [3.8, 4) is 0 Å². The normalized spacial score (nSPS) is 18.9. The molecule has 0 radical (unpaired) electrons. The Bertz CT molecular complexity index is 278. The molecule has 6 nitrogen and oxygen atoms in total. The van der Waals surface area contributed by atoms with Crippen molar-refractivity contribution in [2.75, 3.05) is 32.9 Å². The largest absolute Gasteiger partial charge is 0.459 e. The van der Waals surface area contributed by atoms with Crippen molar-refractivity contribution in [2.24, 2.45) is 5.41 Å². The molecule has 6 heteroatoms. The summed E-state index contributed by atoms with van der Waals surface area (Å²) in [7, 11) is 0. The Labute approximate surface area is 100 Å². The molecular formula is C11H19NO5. The second-order valence-electron chi connectivity index (χ2n) is 4.33. The number of piperidine rings is 1. The van der Waals surface area contributed by atoms with E-state index in [-0.39, 0.29) is 19.8 Å². The monoisotopic (exact) mass is 245 g/mol. The first-order valence-corrected chi connectivity index (χ1v) is 5.76. The number of aliphatic hydroxyl groups excluding tert-OH is 2. The van der Waals surface area contributed by atoms with Gasteiger partial charge in [0.15, 0.2) is 0 Å². The molecule has 0 aromatic carbocycles. The molecule has 0 spiro atoms. The van der Waals surface area contributed by atoms with Crippen molar-refractivity contribution in [1.82, 2.24) is 4.90 Å². The molecule has 1 aliphatic rings. The molecule has 0 bridgehead atoms. The smallest absolute Gasteiger partial charge is 0.397 e. The molecule has 1 aliphatic heterocycles. The number of nitrogens with zero attached hydrogens (tertiary/aromatic N) is 1. The number of hydrogen-bond acceptors (Lipinski definition) is 5. The fraction of sp³-hybridized carbons (Fsp3) is 0.818. The van der Waals surface area contributed by atoms with E-state index in [0.717, 1.165) is 0 Å². The highest BCUT2D eigenvalue weighted by Gasteiger charge is 2.36. The maximum Gasteiger partial charge on any atom is 0.397 e. The maximum absolute atomic E-state index is 11.6. The van der Waals surface area contributed by atoms with Crippen LogP contribution in [0.3, 0.4) is 0 Å². The zero-order valence-corrected chi connectivity index (χ0v) is 10.0. The molecule has 1 amide bonds. The highest BCUT2D eigenvalue weighted by atomic mass is 16.5. The van der Waals surface area contributed by atoms with E-state index < -0.39 is 17.3 Å². The average Bonchev–Trinajstić information content (AvgIpc) is 2.38. The minimum absolute atomic E-state index is 0.106. The lowest BCUT2D eigenvalue weighted by Crippen LogP contribution is -2.48. The van der Waals surface area contributed by atoms with Crippen LogP contribution in [0, 0.1) is 5.41 Å². The molecule has 0 atom stereocenters. The SMILES string of the molecule is CCOC(=O)C(=O)N1CCC(CO)(CO)CC1. The number of aliphatic hydroxyl groups is 2. The summed E-state index contributed by atoms with van der Waals surface area (Å²) in [6.45, 7) is 2.33. The number of ether oxygens (including phenoxy) is 1. The molecule has 1 saturated heterocycles. The molecule has 0 aromatic heterocycles. The third-order valence-corrected chi connectivity index (χ3v) is 3.23. The van der Waals surface area contributed by atoms with Crippen LogP contribution < -0.4 is 0 Å². The summed E-state index contributed by atoms with van der Waals surface area (Å²) < 4.78 is 4.63. The van der Waals surface area contributed by atoms with Crippen molar-refractivity contribution in [3.63, 3.8) is 0 Å². The number of esters is 1. The summed E-state index contributed by atoms with van der Waals surface area (Å²) >= 11 is 0. The Kier molecular flexibility index (Phi) is 4.89. The van der Waals surface area contributed by atoms with Crippen LogP contribution in [0.25, 0.3) is 0 Å². The van der Waals surface area contributed by atoms with E-state index in [4.69, 9.17) is 0 Å². The lowest BCUT2D eigenvalue weighted by molar-refractivity contribution is -0.161. The van der Waals surface area contributed by atoms with Crippen LogP contribution in [0.15, 0.2) is 0 Å². The average molecular weight is 245 g/mol. The number of amides is 1. The Morgan fingerprint density at radius 1 is 1.24 bits per heavy atom. The molecule has 1 heterocycles. The first kappa shape index (κ1) is 13.9. The fourth-order valence-electron chi connectivity index (χ4n) is 1.87. The minimum atomic E-state index is -0.840. The highest BCUT2D eigenvalue weighted by molar-refractivity contribution is 6.32. The third-order valence-electron chi connectivity index (χ3n) is 3.23. The Hall–Kier alpha value is -1.14. The first-order valence-electron chi connectivity index (χ1n) is 5.76. The number of hydrogen-bond donors (Lipinski definition) is 2. The first-order chi connectivity index (χ1) is 8.08. The van der Waals surface area contributed by atoms with E-state index in [2.05, 4.69) is 4.74 Å². The molecule has 0 aliphatic carbocycles. The summed E-state index contributed by atoms with van der Waals surface area (Å²) in [6, 6.07) is 0. The lowest BCUT2D eigenvalue weighted by atomic mass is 9.80. The number of likely N-dealkylation sites (tertiary alicyclic amines) is 1. The van der Waals surface area contributed by atoms with Crippen LogP contribution in [0.1, 0.15) is 19.8 Å². The fourth-order valence-corrected chi connectivity index (χ4v) is 1.87. The molecule has 1 rings (SSSR count). The second kappa shape index (κ2) is 5.97. The molecule has 0 unspecified atom stereocenters. The predicted octanol–water partition coefficient (Wildman–Crippen LogP) is -0.857. The van der Waals surface area contributed by atoms with Crippen molar-refractivity contribution < 1.29 is 24.5 Å². The Morgan fingerprint density at radius 2 is 1.76 bits per heavy atom. The molecule has 0 aromatic rings. The van der Waals surface area contributed by atoms with Gasteiger partial charge in [-0.3, -0.25) is 4.79 Å². The third kappa shape index (κ3) is 3.17. The van der Waals surface area contributed by atoms with Crippen molar-refractivity contribution >= 4 is 11.9 Å². The summed E-state index contributed by atoms with van der Waals surface area (Å²) in [5.74, 6) is -1.48. The van der Waals surface area contributed by atoms with Gasteiger partial charge >= 0.3 is 11.9 Å². The zero-order chi connectivity index (χ0) is 12.9. The molecular weight excluding hydrogens is 226 g/mol. The summed E-state index contributed by atoms with van der Waals surface area (Å²) in [4.78, 5) is 24.2. The van der Waals surface area contributed by atoms with Crippen LogP contribution in [-0.2, 0) is 14.3 Å². The van der Waals surface area contributed by atoms with Crippen molar-refractivity contribution in [1.29, 1.82) is 0 Å². The van der Waals surface area contributed by atoms with Crippen LogP contribution in [0.4, 0.5) is 0 Å². The molecule has 1 fully saturated rings. The standard InChI is InChI=1S/C11H19NO5/c1-2-17-10(16)9(15)12-5-3-11(7-13,8-14)4-6-12/h13-14H,2-8H2,1H3. The van der Waals surface area contributed by atoms with E-state index >= 15 is 0 Å². The van der Waals surface area contributed by atoms with E-state index in [1.807, 2.05) is 0 Å². The highest BCUT2D eigenvalue weighted by Crippen LogP contribution is 2.30. The van der Waals surface area contributed by atoms with Gasteiger partial charge in [0.05, 0.1) is 19.8 Å². The molecule has 0 saturated carbocycles. The lowest BCUT2D eigenvalue weighted by Gasteiger charge is -2.38. The van der Waals surface area contributed by atoms with Gasteiger partial charge in [-0.2, -0.15) is 0 Å². The van der Waals surface area contributed by atoms with E-state index in [0.29, 0.717) is 25.9 Å². The van der Waals surface area contributed by atoms with Gasteiger partial charge in [-0.05, 0) is 19.8 Å². The van der Waals surface area contributed by atoms with Gasteiger partial charge in [-0.15, -0.1) is 0 Å². The number of carbonyl (C=O) groups excluding carboxylic acids is 2. The number of carbonyl (C=O) groups is 2. The topological polar surface area (TPSA) is 87.1 Å². The van der Waals surface area contributed by atoms with Crippen LogP contribution in [-0.4, -0.2) is 59.9 Å². The van der Waals surface area contributed by atoms with Gasteiger partial charge in [0.2, 0.25) is 0 Å². The quantitative estimate of drug-likeness (QED) is 0.499. The number of rotatable bonds is 3. The summed E-state index contributed by atoms with van der Waals surface area (Å²) in [5, 5.41) is 18.4. The van der Waals surface area contributed by atoms with E-state index in [1.165, 1.54) is 4.90 Å². The molecule has 2 N–H and O–H groups in total. The van der Waals surface area contributed by atoms with E-state index in [9.17, 15) is 19.8 Å². The van der Waals surface area contributed by atoms with Gasteiger partial charge in [-0.1, -0.05) is 0 Å². The maximum atomic E-state index is 11.6. The van der Waals surface area contributed by atoms with Crippen molar-refractivity contribution in [3.05, 3.63) is 0 Å². The molecule has 17 heavy (non-hydrogen) atoms. The van der Waals surface area contributed by atoms with Crippen LogP contribution >= 0.6 is 0 Å². The van der Waals surface area contributed by atoms with E-state index in [1.54, 1.807) is 6.92 Å². The second-order valence-corrected chi connectivity index (χ2v) is 4.33. The van der Waals surface area contributed by atoms with Crippen molar-refractivity contribution in [2.45, 2.75) is 19.8 Å². The van der Waals surface area contributed by atoms with Gasteiger partial charge < -0.3 is 19.8 Å². The zero-order valence-electron chi connectivity index (χ0n) is 10.0. The Morgan fingerprint density at radius 3 is 2.18 bits per heavy atom. The summed E-state index contributed by atoms with van der Waals surface area (Å²) in [5.41, 5.74) is -0.522. The van der Waals surface area contributed by atoms with Gasteiger partial charge in [-0.25, -0.2) is 4.79 Å². The minimum Gasteiger partial charge on any atom is -0.459 e. The Balaban J connectivity index is 2.51. The van der Waals surface area contributed by atoms with Gasteiger partial charge in [0.25, 0.3) is 0 Å². The molecule has 98 valence electrons. The van der Waals surface area contributed by atoms with Crippen LogP contribution in [0.2, 0.25) is 0 Å². The summed E-state index contributed by atoms with van der Waals surface area (Å²) in [6.07, 6.45) is 0.982. The van der Waals surface area contributed by atoms with Crippen LogP contribution in [0.5, 0.6) is 0 Å².